The van der Waals surface area contributed by atoms with Gasteiger partial charge in [-0.15, -0.1) is 0 Å². The average molecular weight is 1140 g/mol. The predicted octanol–water partition coefficient (Wildman–Crippen LogP) is 24.4. The number of rotatable bonds is 64. The van der Waals surface area contributed by atoms with Crippen molar-refractivity contribution in [3.8, 4) is 0 Å². The maximum absolute atomic E-state index is 12.9. The Bertz CT molecular complexity index is 1590. The zero-order chi connectivity index (χ0) is 59.2. The summed E-state index contributed by atoms with van der Waals surface area (Å²) in [6.45, 7) is 6.55. The van der Waals surface area contributed by atoms with Crippen molar-refractivity contribution in [3.63, 3.8) is 0 Å². The fraction of sp³-hybridized carbons (Fsp3) is 0.750. The molecule has 0 aromatic carbocycles. The molecule has 6 nitrogen and oxygen atoms in total. The topological polar surface area (TPSA) is 78.9 Å². The first-order valence-electron chi connectivity index (χ1n) is 35.2. The quantitative estimate of drug-likeness (QED) is 0.0261. The van der Waals surface area contributed by atoms with Crippen LogP contribution < -0.4 is 0 Å². The van der Waals surface area contributed by atoms with Gasteiger partial charge in [-0.05, 0) is 122 Å². The molecule has 0 saturated carbocycles. The molecule has 1 unspecified atom stereocenters. The van der Waals surface area contributed by atoms with Gasteiger partial charge in [-0.2, -0.15) is 0 Å². The fourth-order valence-corrected chi connectivity index (χ4v) is 10.0. The van der Waals surface area contributed by atoms with Crippen LogP contribution in [0.2, 0.25) is 0 Å². The number of allylic oxidation sites excluding steroid dienone is 16. The molecule has 6 heteroatoms. The van der Waals surface area contributed by atoms with Gasteiger partial charge in [0.2, 0.25) is 0 Å². The molecular formula is C76H132O6. The molecule has 0 saturated heterocycles. The number of carbonyl (C=O) groups excluding carboxylic acids is 3. The second-order valence-electron chi connectivity index (χ2n) is 23.4. The van der Waals surface area contributed by atoms with E-state index in [1.165, 1.54) is 205 Å². The van der Waals surface area contributed by atoms with Gasteiger partial charge in [0.15, 0.2) is 6.10 Å². The highest BCUT2D eigenvalue weighted by molar-refractivity contribution is 5.71. The molecule has 0 aliphatic carbocycles. The maximum atomic E-state index is 12.9. The highest BCUT2D eigenvalue weighted by atomic mass is 16.6. The zero-order valence-electron chi connectivity index (χ0n) is 54.2. The van der Waals surface area contributed by atoms with E-state index >= 15 is 0 Å². The minimum atomic E-state index is -0.785. The first kappa shape index (κ1) is 78.3. The van der Waals surface area contributed by atoms with Gasteiger partial charge in [-0.3, -0.25) is 14.4 Å². The largest absolute Gasteiger partial charge is 0.462 e. The number of hydrogen-bond acceptors (Lipinski definition) is 6. The summed E-state index contributed by atoms with van der Waals surface area (Å²) in [5.74, 6) is -0.879. The Balaban J connectivity index is 4.28. The Morgan fingerprint density at radius 3 is 0.756 bits per heavy atom. The summed E-state index contributed by atoms with van der Waals surface area (Å²) >= 11 is 0. The molecule has 0 spiro atoms. The van der Waals surface area contributed by atoms with E-state index in [9.17, 15) is 14.4 Å². The van der Waals surface area contributed by atoms with E-state index in [1.807, 2.05) is 0 Å². The first-order chi connectivity index (χ1) is 40.5. The number of esters is 3. The number of carbonyl (C=O) groups is 3. The Morgan fingerprint density at radius 2 is 0.476 bits per heavy atom. The molecule has 472 valence electrons. The van der Waals surface area contributed by atoms with Crippen LogP contribution in [0, 0.1) is 0 Å². The molecule has 0 aromatic heterocycles. The van der Waals surface area contributed by atoms with E-state index < -0.39 is 6.10 Å². The van der Waals surface area contributed by atoms with Gasteiger partial charge in [0.05, 0.1) is 0 Å². The Hall–Kier alpha value is -3.67. The van der Waals surface area contributed by atoms with E-state index in [1.54, 1.807) is 0 Å². The van der Waals surface area contributed by atoms with Crippen molar-refractivity contribution in [2.45, 2.75) is 354 Å². The third kappa shape index (κ3) is 67.1. The van der Waals surface area contributed by atoms with Crippen LogP contribution in [0.3, 0.4) is 0 Å². The monoisotopic (exact) mass is 1140 g/mol. The van der Waals surface area contributed by atoms with Crippen LogP contribution in [0.25, 0.3) is 0 Å². The highest BCUT2D eigenvalue weighted by Crippen LogP contribution is 2.17. The molecule has 0 aliphatic rings. The first-order valence-corrected chi connectivity index (χ1v) is 35.2. The van der Waals surface area contributed by atoms with Crippen LogP contribution in [0.4, 0.5) is 0 Å². The lowest BCUT2D eigenvalue weighted by Gasteiger charge is -2.18. The molecule has 0 aliphatic heterocycles. The van der Waals surface area contributed by atoms with Crippen LogP contribution in [-0.2, 0) is 28.6 Å². The van der Waals surface area contributed by atoms with Crippen LogP contribution >= 0.6 is 0 Å². The summed E-state index contributed by atoms with van der Waals surface area (Å²) in [5.41, 5.74) is 0. The summed E-state index contributed by atoms with van der Waals surface area (Å²) in [6, 6.07) is 0. The summed E-state index contributed by atoms with van der Waals surface area (Å²) in [6.07, 6.45) is 94.3. The van der Waals surface area contributed by atoms with E-state index in [-0.39, 0.29) is 31.1 Å². The molecule has 0 N–H and O–H groups in total. The molecule has 0 radical (unpaired) electrons. The number of hydrogen-bond donors (Lipinski definition) is 0. The normalized spacial score (nSPS) is 12.7. The van der Waals surface area contributed by atoms with Crippen LogP contribution in [0.5, 0.6) is 0 Å². The Morgan fingerprint density at radius 1 is 0.256 bits per heavy atom. The van der Waals surface area contributed by atoms with Crippen molar-refractivity contribution >= 4 is 17.9 Å². The molecule has 0 fully saturated rings. The van der Waals surface area contributed by atoms with Crippen molar-refractivity contribution in [1.82, 2.24) is 0 Å². The molecular weight excluding hydrogens is 1010 g/mol. The molecule has 0 rings (SSSR count). The molecule has 0 amide bonds. The molecule has 0 bridgehead atoms. The van der Waals surface area contributed by atoms with Gasteiger partial charge in [-0.25, -0.2) is 0 Å². The molecule has 0 aromatic rings. The van der Waals surface area contributed by atoms with Gasteiger partial charge < -0.3 is 14.2 Å². The van der Waals surface area contributed by atoms with Crippen LogP contribution in [0.1, 0.15) is 348 Å². The SMILES string of the molecule is CC/C=C\C/C=C\C/C=C\C/C=C\C/C=C\C/C=C\CCCCCCCCCCCCCCC(=O)OCC(COC(=O)CCCCCCC/C=C\CCCCCCCC)OC(=O)CCCCCCCCC/C=C\CCCCCCCCC. The Labute approximate surface area is 508 Å². The third-order valence-electron chi connectivity index (χ3n) is 15.3. The van der Waals surface area contributed by atoms with Gasteiger partial charge in [0.1, 0.15) is 13.2 Å². The number of unbranched alkanes of at least 4 members (excludes halogenated alkanes) is 37. The standard InChI is InChI=1S/C76H132O6/c1-4-7-10-13-16-19-22-25-28-30-32-33-34-35-36-37-38-39-40-41-42-43-44-46-48-51-54-57-60-63-66-69-75(78)81-72-73(71-80-74(77)68-65-62-59-56-53-50-47-27-24-21-18-15-12-9-6-3)82-76(79)70-67-64-61-58-55-52-49-45-31-29-26-23-20-17-14-11-8-5-2/h7,10,16,19,25,27-29,31-33,35-36,38-39,47,73H,4-6,8-9,11-15,17-18,20-24,26,30,34,37,40-46,48-72H2,1-3H3/b10-7-,19-16-,28-25-,31-29-,33-32-,36-35-,39-38-,47-27-. The fourth-order valence-electron chi connectivity index (χ4n) is 10.0. The minimum absolute atomic E-state index is 0.0803. The second-order valence-corrected chi connectivity index (χ2v) is 23.4. The summed E-state index contributed by atoms with van der Waals surface area (Å²) in [7, 11) is 0. The zero-order valence-corrected chi connectivity index (χ0v) is 54.2. The van der Waals surface area contributed by atoms with Crippen molar-refractivity contribution in [2.24, 2.45) is 0 Å². The minimum Gasteiger partial charge on any atom is -0.462 e. The van der Waals surface area contributed by atoms with Crippen molar-refractivity contribution in [2.75, 3.05) is 13.2 Å². The summed E-state index contributed by atoms with van der Waals surface area (Å²) in [4.78, 5) is 38.4. The molecule has 82 heavy (non-hydrogen) atoms. The van der Waals surface area contributed by atoms with Crippen LogP contribution in [0.15, 0.2) is 97.2 Å². The average Bonchev–Trinajstić information content (AvgIpc) is 3.47. The van der Waals surface area contributed by atoms with Gasteiger partial charge in [0, 0.05) is 19.3 Å². The third-order valence-corrected chi connectivity index (χ3v) is 15.3. The lowest BCUT2D eigenvalue weighted by Crippen LogP contribution is -2.30. The Kier molecular flexibility index (Phi) is 66.7. The van der Waals surface area contributed by atoms with Gasteiger partial charge >= 0.3 is 17.9 Å². The van der Waals surface area contributed by atoms with E-state index in [0.717, 1.165) is 103 Å². The van der Waals surface area contributed by atoms with Gasteiger partial charge in [-0.1, -0.05) is 304 Å². The summed E-state index contributed by atoms with van der Waals surface area (Å²) in [5, 5.41) is 0. The lowest BCUT2D eigenvalue weighted by atomic mass is 10.0. The smallest absolute Gasteiger partial charge is 0.306 e. The molecule has 0 heterocycles. The molecule has 1 atom stereocenters. The van der Waals surface area contributed by atoms with Gasteiger partial charge in [0.25, 0.3) is 0 Å². The van der Waals surface area contributed by atoms with E-state index in [2.05, 4.69) is 118 Å². The predicted molar refractivity (Wildman–Crippen MR) is 357 cm³/mol. The number of ether oxygens (including phenoxy) is 3. The maximum Gasteiger partial charge on any atom is 0.306 e. The van der Waals surface area contributed by atoms with E-state index in [4.69, 9.17) is 14.2 Å². The van der Waals surface area contributed by atoms with Crippen molar-refractivity contribution in [3.05, 3.63) is 97.2 Å². The van der Waals surface area contributed by atoms with Crippen molar-refractivity contribution in [1.29, 1.82) is 0 Å². The summed E-state index contributed by atoms with van der Waals surface area (Å²) < 4.78 is 17.0. The highest BCUT2D eigenvalue weighted by Gasteiger charge is 2.19. The lowest BCUT2D eigenvalue weighted by molar-refractivity contribution is -0.167. The van der Waals surface area contributed by atoms with Crippen LogP contribution in [-0.4, -0.2) is 37.2 Å². The van der Waals surface area contributed by atoms with E-state index in [0.29, 0.717) is 19.3 Å². The second kappa shape index (κ2) is 69.8. The van der Waals surface area contributed by atoms with Crippen molar-refractivity contribution < 1.29 is 28.6 Å².